The van der Waals surface area contributed by atoms with Crippen molar-refractivity contribution in [3.05, 3.63) is 156 Å². The van der Waals surface area contributed by atoms with Gasteiger partial charge in [0.15, 0.2) is 0 Å². The first-order valence-corrected chi connectivity index (χ1v) is 13.4. The lowest BCUT2D eigenvalue weighted by Gasteiger charge is -2.25. The molecule has 2 nitrogen and oxygen atoms in total. The van der Waals surface area contributed by atoms with Crippen LogP contribution in [0.3, 0.4) is 0 Å². The minimum atomic E-state index is 0.699. The second kappa shape index (κ2) is 11.2. The first-order valence-electron chi connectivity index (χ1n) is 12.7. The Bertz CT molecular complexity index is 1580. The number of halogens is 2. The Kier molecular flexibility index (Phi) is 7.14. The molecule has 0 aliphatic rings. The van der Waals surface area contributed by atoms with Crippen LogP contribution in [0.2, 0.25) is 10.0 Å². The summed E-state index contributed by atoms with van der Waals surface area (Å²) in [6.07, 6.45) is 0. The normalized spacial score (nSPS) is 10.8. The van der Waals surface area contributed by atoms with Crippen molar-refractivity contribution in [1.29, 1.82) is 0 Å². The zero-order chi connectivity index (χ0) is 26.6. The lowest BCUT2D eigenvalue weighted by atomic mass is 9.99. The molecule has 4 heteroatoms. The van der Waals surface area contributed by atoms with E-state index in [4.69, 9.17) is 28.2 Å². The molecule has 0 aliphatic heterocycles. The van der Waals surface area contributed by atoms with Crippen LogP contribution in [0.15, 0.2) is 146 Å². The van der Waals surface area contributed by atoms with E-state index in [2.05, 4.69) is 89.8 Å². The second-order valence-corrected chi connectivity index (χ2v) is 10.1. The van der Waals surface area contributed by atoms with Gasteiger partial charge < -0.3 is 4.90 Å². The lowest BCUT2D eigenvalue weighted by molar-refractivity contribution is 1.28. The average molecular weight is 543 g/mol. The maximum absolute atomic E-state index is 6.16. The van der Waals surface area contributed by atoms with Crippen LogP contribution in [0.5, 0.6) is 0 Å². The van der Waals surface area contributed by atoms with Gasteiger partial charge in [-0.15, -0.1) is 0 Å². The lowest BCUT2D eigenvalue weighted by Crippen LogP contribution is -2.09. The molecular weight excluding hydrogens is 519 g/mol. The first kappa shape index (κ1) is 24.9. The molecule has 0 fully saturated rings. The van der Waals surface area contributed by atoms with Gasteiger partial charge in [-0.1, -0.05) is 96.0 Å². The quantitative estimate of drug-likeness (QED) is 0.208. The number of benzene rings is 5. The first-order chi connectivity index (χ1) is 19.1. The topological polar surface area (TPSA) is 16.1 Å². The molecule has 0 unspecified atom stereocenters. The molecular formula is C35H24Cl2N2. The van der Waals surface area contributed by atoms with E-state index in [9.17, 15) is 0 Å². The largest absolute Gasteiger partial charge is 0.311 e. The predicted octanol–water partition coefficient (Wildman–Crippen LogP) is 10.9. The molecule has 0 saturated carbocycles. The summed E-state index contributed by atoms with van der Waals surface area (Å²) in [4.78, 5) is 7.25. The molecule has 0 N–H and O–H groups in total. The van der Waals surface area contributed by atoms with Crippen molar-refractivity contribution in [2.24, 2.45) is 0 Å². The van der Waals surface area contributed by atoms with Gasteiger partial charge in [0, 0.05) is 38.2 Å². The average Bonchev–Trinajstić information content (AvgIpc) is 2.99. The van der Waals surface area contributed by atoms with Gasteiger partial charge in [-0.25, -0.2) is 4.98 Å². The molecule has 6 rings (SSSR count). The SMILES string of the molecule is Clc1ccc(-c2cc(-c3ccc(N(c4ccccc4)c4ccccc4)cc3)cc(-c3ccc(Cl)cc3)n2)cc1. The number of pyridine rings is 1. The number of para-hydroxylation sites is 2. The third-order valence-corrected chi connectivity index (χ3v) is 7.10. The molecule has 5 aromatic carbocycles. The fraction of sp³-hybridized carbons (Fsp3) is 0. The molecule has 0 aliphatic carbocycles. The molecule has 1 aromatic heterocycles. The number of aromatic nitrogens is 1. The van der Waals surface area contributed by atoms with Crippen molar-refractivity contribution < 1.29 is 0 Å². The molecule has 6 aromatic rings. The number of rotatable bonds is 6. The Morgan fingerprint density at radius 2 is 0.769 bits per heavy atom. The van der Waals surface area contributed by atoms with Crippen molar-refractivity contribution in [3.63, 3.8) is 0 Å². The van der Waals surface area contributed by atoms with Crippen molar-refractivity contribution in [3.8, 4) is 33.6 Å². The van der Waals surface area contributed by atoms with E-state index in [0.29, 0.717) is 10.0 Å². The molecule has 0 atom stereocenters. The summed E-state index contributed by atoms with van der Waals surface area (Å²) in [6.45, 7) is 0. The molecule has 0 amide bonds. The zero-order valence-corrected chi connectivity index (χ0v) is 22.5. The van der Waals surface area contributed by atoms with Gasteiger partial charge in [0.2, 0.25) is 0 Å². The number of hydrogen-bond acceptors (Lipinski definition) is 2. The smallest absolute Gasteiger partial charge is 0.0715 e. The Labute approximate surface area is 238 Å². The van der Waals surface area contributed by atoms with Crippen LogP contribution >= 0.6 is 23.2 Å². The molecule has 39 heavy (non-hydrogen) atoms. The molecule has 0 radical (unpaired) electrons. The molecule has 0 bridgehead atoms. The highest BCUT2D eigenvalue weighted by molar-refractivity contribution is 6.30. The maximum atomic E-state index is 6.16. The molecule has 1 heterocycles. The fourth-order valence-electron chi connectivity index (χ4n) is 4.64. The highest BCUT2D eigenvalue weighted by atomic mass is 35.5. The highest BCUT2D eigenvalue weighted by Crippen LogP contribution is 2.36. The number of hydrogen-bond donors (Lipinski definition) is 0. The summed E-state index contributed by atoms with van der Waals surface area (Å²) in [7, 11) is 0. The van der Waals surface area contributed by atoms with Gasteiger partial charge in [-0.2, -0.15) is 0 Å². The van der Waals surface area contributed by atoms with Crippen LogP contribution in [0.1, 0.15) is 0 Å². The van der Waals surface area contributed by atoms with Gasteiger partial charge in [0.05, 0.1) is 11.4 Å². The Morgan fingerprint density at radius 1 is 0.385 bits per heavy atom. The summed E-state index contributed by atoms with van der Waals surface area (Å²) in [5.41, 5.74) is 9.26. The predicted molar refractivity (Wildman–Crippen MR) is 165 cm³/mol. The minimum Gasteiger partial charge on any atom is -0.311 e. The van der Waals surface area contributed by atoms with E-state index in [1.807, 2.05) is 60.7 Å². The van der Waals surface area contributed by atoms with E-state index in [1.165, 1.54) is 0 Å². The minimum absolute atomic E-state index is 0.699. The Balaban J connectivity index is 1.43. The third kappa shape index (κ3) is 5.58. The van der Waals surface area contributed by atoms with E-state index < -0.39 is 0 Å². The third-order valence-electron chi connectivity index (χ3n) is 6.59. The maximum Gasteiger partial charge on any atom is 0.0715 e. The van der Waals surface area contributed by atoms with Gasteiger partial charge >= 0.3 is 0 Å². The van der Waals surface area contributed by atoms with Crippen molar-refractivity contribution >= 4 is 40.3 Å². The van der Waals surface area contributed by atoms with Crippen LogP contribution < -0.4 is 4.90 Å². The molecule has 188 valence electrons. The number of anilines is 3. The van der Waals surface area contributed by atoms with Gasteiger partial charge in [-0.05, 0) is 83.9 Å². The highest BCUT2D eigenvalue weighted by Gasteiger charge is 2.13. The van der Waals surface area contributed by atoms with Crippen molar-refractivity contribution in [1.82, 2.24) is 4.98 Å². The van der Waals surface area contributed by atoms with E-state index in [-0.39, 0.29) is 0 Å². The van der Waals surface area contributed by atoms with Crippen molar-refractivity contribution in [2.45, 2.75) is 0 Å². The Morgan fingerprint density at radius 3 is 1.21 bits per heavy atom. The van der Waals surface area contributed by atoms with Crippen LogP contribution in [-0.4, -0.2) is 4.98 Å². The second-order valence-electron chi connectivity index (χ2n) is 9.19. The standard InChI is InChI=1S/C35H24Cl2N2/c36-29-17-11-26(12-18-29)34-23-28(24-35(38-34)27-13-19-30(37)20-14-27)25-15-21-33(22-16-25)39(31-7-3-1-4-8-31)32-9-5-2-6-10-32/h1-24H. The summed E-state index contributed by atoms with van der Waals surface area (Å²) in [6, 6.07) is 49.3. The van der Waals surface area contributed by atoms with Crippen LogP contribution in [0.4, 0.5) is 17.1 Å². The monoisotopic (exact) mass is 542 g/mol. The van der Waals surface area contributed by atoms with E-state index in [0.717, 1.165) is 50.7 Å². The molecule has 0 spiro atoms. The summed E-state index contributed by atoms with van der Waals surface area (Å²) >= 11 is 12.3. The Hall–Kier alpha value is -4.37. The van der Waals surface area contributed by atoms with Crippen LogP contribution in [0.25, 0.3) is 33.6 Å². The van der Waals surface area contributed by atoms with Crippen LogP contribution in [0, 0.1) is 0 Å². The van der Waals surface area contributed by atoms with Crippen molar-refractivity contribution in [2.75, 3.05) is 4.90 Å². The summed E-state index contributed by atoms with van der Waals surface area (Å²) < 4.78 is 0. The van der Waals surface area contributed by atoms with E-state index >= 15 is 0 Å². The fourth-order valence-corrected chi connectivity index (χ4v) is 4.89. The summed E-state index contributed by atoms with van der Waals surface area (Å²) in [5.74, 6) is 0. The van der Waals surface area contributed by atoms with Gasteiger partial charge in [-0.3, -0.25) is 0 Å². The van der Waals surface area contributed by atoms with Gasteiger partial charge in [0.25, 0.3) is 0 Å². The van der Waals surface area contributed by atoms with Crippen LogP contribution in [-0.2, 0) is 0 Å². The molecule has 0 saturated heterocycles. The van der Waals surface area contributed by atoms with Gasteiger partial charge in [0.1, 0.15) is 0 Å². The van der Waals surface area contributed by atoms with E-state index in [1.54, 1.807) is 0 Å². The number of nitrogens with zero attached hydrogens (tertiary/aromatic N) is 2. The summed E-state index contributed by atoms with van der Waals surface area (Å²) in [5, 5.41) is 1.40. The zero-order valence-electron chi connectivity index (χ0n) is 21.0.